The van der Waals surface area contributed by atoms with Crippen LogP contribution >= 0.6 is 0 Å². The van der Waals surface area contributed by atoms with Crippen molar-refractivity contribution in [1.82, 2.24) is 0 Å². The summed E-state index contributed by atoms with van der Waals surface area (Å²) in [6.45, 7) is 11.9. The number of rotatable bonds is 2. The van der Waals surface area contributed by atoms with E-state index in [4.69, 9.17) is 5.11 Å². The third-order valence-electron chi connectivity index (χ3n) is 4.24. The predicted octanol–water partition coefficient (Wildman–Crippen LogP) is 4.86. The van der Waals surface area contributed by atoms with Crippen molar-refractivity contribution in [2.24, 2.45) is 0 Å². The van der Waals surface area contributed by atoms with Crippen molar-refractivity contribution in [2.75, 3.05) is 7.11 Å². The van der Waals surface area contributed by atoms with E-state index >= 15 is 0 Å². The molecule has 6 heteroatoms. The molecule has 2 rings (SSSR count). The number of ether oxygens (including phenoxy) is 1. The molecule has 3 N–H and O–H groups in total. The van der Waals surface area contributed by atoms with Crippen molar-refractivity contribution in [3.8, 4) is 11.5 Å². The van der Waals surface area contributed by atoms with E-state index < -0.39 is 11.9 Å². The number of esters is 1. The van der Waals surface area contributed by atoms with E-state index in [1.165, 1.54) is 19.2 Å². The maximum atomic E-state index is 11.3. The smallest absolute Gasteiger partial charge is 0.337 e. The molecule has 0 radical (unpaired) electrons. The Bertz CT molecular complexity index is 885. The number of phenols is 2. The molecule has 0 heterocycles. The van der Waals surface area contributed by atoms with Gasteiger partial charge in [-0.05, 0) is 58.4 Å². The summed E-state index contributed by atoms with van der Waals surface area (Å²) < 4.78 is 4.61. The van der Waals surface area contributed by atoms with Gasteiger partial charge in [0.05, 0.1) is 18.2 Å². The van der Waals surface area contributed by atoms with E-state index in [9.17, 15) is 19.8 Å². The van der Waals surface area contributed by atoms with Crippen LogP contribution in [0.4, 0.5) is 0 Å². The van der Waals surface area contributed by atoms with Gasteiger partial charge in [-0.3, -0.25) is 0 Å². The number of aromatic hydroxyl groups is 2. The standard InChI is InChI=1S/C12H16O3.C11H14O3/c1-12(2,3)9-5-8(11(14)15-4)6-10(13)7-9;1-11(2,3)8-4-7(10(13)14)5-9(12)6-8/h5-7,13H,1-4H3;4-6,12H,1-3H3,(H,13,14). The largest absolute Gasteiger partial charge is 0.508 e. The van der Waals surface area contributed by atoms with Gasteiger partial charge in [-0.25, -0.2) is 9.59 Å². The maximum absolute atomic E-state index is 11.3. The Hall–Kier alpha value is -3.02. The van der Waals surface area contributed by atoms with Crippen LogP contribution in [0.25, 0.3) is 0 Å². The Morgan fingerprint density at radius 1 is 0.724 bits per heavy atom. The fourth-order valence-electron chi connectivity index (χ4n) is 2.45. The van der Waals surface area contributed by atoms with Crippen molar-refractivity contribution in [3.63, 3.8) is 0 Å². The van der Waals surface area contributed by atoms with Gasteiger partial charge in [0.1, 0.15) is 11.5 Å². The molecule has 0 fully saturated rings. The lowest BCUT2D eigenvalue weighted by Gasteiger charge is -2.19. The van der Waals surface area contributed by atoms with Gasteiger partial charge in [0, 0.05) is 0 Å². The number of hydrogen-bond donors (Lipinski definition) is 3. The average molecular weight is 402 g/mol. The Labute approximate surface area is 171 Å². The molecule has 0 amide bonds. The molecule has 0 aliphatic rings. The van der Waals surface area contributed by atoms with E-state index in [0.29, 0.717) is 5.56 Å². The van der Waals surface area contributed by atoms with Crippen LogP contribution in [0.1, 0.15) is 73.4 Å². The molecule has 0 aliphatic heterocycles. The van der Waals surface area contributed by atoms with Gasteiger partial charge in [0.25, 0.3) is 0 Å². The first kappa shape index (κ1) is 24.0. The average Bonchev–Trinajstić information content (AvgIpc) is 2.59. The van der Waals surface area contributed by atoms with E-state index in [-0.39, 0.29) is 27.9 Å². The van der Waals surface area contributed by atoms with Gasteiger partial charge < -0.3 is 20.1 Å². The fraction of sp³-hybridized carbons (Fsp3) is 0.391. The van der Waals surface area contributed by atoms with Gasteiger partial charge in [0.15, 0.2) is 0 Å². The summed E-state index contributed by atoms with van der Waals surface area (Å²) >= 11 is 0. The van der Waals surface area contributed by atoms with Crippen LogP contribution in [0.5, 0.6) is 11.5 Å². The third kappa shape index (κ3) is 7.14. The van der Waals surface area contributed by atoms with Gasteiger partial charge >= 0.3 is 11.9 Å². The van der Waals surface area contributed by atoms with Crippen LogP contribution in [-0.2, 0) is 15.6 Å². The Kier molecular flexibility index (Phi) is 7.44. The highest BCUT2D eigenvalue weighted by Crippen LogP contribution is 2.28. The number of benzene rings is 2. The van der Waals surface area contributed by atoms with E-state index in [0.717, 1.165) is 11.1 Å². The van der Waals surface area contributed by atoms with Gasteiger partial charge in [-0.15, -0.1) is 0 Å². The monoisotopic (exact) mass is 402 g/mol. The molecule has 0 aliphatic carbocycles. The zero-order chi connectivity index (χ0) is 22.6. The maximum Gasteiger partial charge on any atom is 0.337 e. The highest BCUT2D eigenvalue weighted by Gasteiger charge is 2.18. The van der Waals surface area contributed by atoms with Crippen LogP contribution in [0, 0.1) is 0 Å². The number of carbonyl (C=O) groups is 2. The minimum atomic E-state index is -1.02. The SMILES string of the molecule is CC(C)(C)c1cc(O)cc(C(=O)O)c1.COC(=O)c1cc(O)cc(C(C)(C)C)c1. The molecule has 2 aromatic carbocycles. The number of methoxy groups -OCH3 is 1. The highest BCUT2D eigenvalue weighted by atomic mass is 16.5. The molecule has 0 saturated carbocycles. The van der Waals surface area contributed by atoms with Gasteiger partial charge in [-0.1, -0.05) is 41.5 Å². The number of phenolic OH excluding ortho intramolecular Hbond substituents is 2. The number of hydrogen-bond acceptors (Lipinski definition) is 5. The second kappa shape index (κ2) is 8.99. The number of carbonyl (C=O) groups excluding carboxylic acids is 1. The molecule has 0 spiro atoms. The molecule has 0 saturated heterocycles. The molecule has 6 nitrogen and oxygen atoms in total. The topological polar surface area (TPSA) is 104 Å². The summed E-state index contributed by atoms with van der Waals surface area (Å²) in [5, 5.41) is 27.6. The molecule has 0 unspecified atom stereocenters. The lowest BCUT2D eigenvalue weighted by molar-refractivity contribution is 0.0599. The molecule has 2 aromatic rings. The zero-order valence-electron chi connectivity index (χ0n) is 18.0. The van der Waals surface area contributed by atoms with Crippen LogP contribution in [0.2, 0.25) is 0 Å². The lowest BCUT2D eigenvalue weighted by Crippen LogP contribution is -2.12. The summed E-state index contributed by atoms with van der Waals surface area (Å²) in [4.78, 5) is 22.0. The predicted molar refractivity (Wildman–Crippen MR) is 112 cm³/mol. The van der Waals surface area contributed by atoms with Crippen molar-refractivity contribution >= 4 is 11.9 Å². The Balaban J connectivity index is 0.000000291. The van der Waals surface area contributed by atoms with Crippen LogP contribution in [0.3, 0.4) is 0 Å². The van der Waals surface area contributed by atoms with Crippen LogP contribution in [0.15, 0.2) is 36.4 Å². The molecule has 0 bridgehead atoms. The summed E-state index contributed by atoms with van der Waals surface area (Å²) in [6.07, 6.45) is 0. The lowest BCUT2D eigenvalue weighted by atomic mass is 9.86. The highest BCUT2D eigenvalue weighted by molar-refractivity contribution is 5.90. The summed E-state index contributed by atoms with van der Waals surface area (Å²) in [5.41, 5.74) is 1.94. The second-order valence-corrected chi connectivity index (χ2v) is 8.83. The summed E-state index contributed by atoms with van der Waals surface area (Å²) in [7, 11) is 1.32. The fourth-order valence-corrected chi connectivity index (χ4v) is 2.45. The van der Waals surface area contributed by atoms with Crippen molar-refractivity contribution < 1.29 is 29.6 Å². The summed E-state index contributed by atoms with van der Waals surface area (Å²) in [6, 6.07) is 9.23. The number of aromatic carboxylic acids is 1. The van der Waals surface area contributed by atoms with Crippen molar-refractivity contribution in [1.29, 1.82) is 0 Å². The Morgan fingerprint density at radius 3 is 1.45 bits per heavy atom. The first-order valence-electron chi connectivity index (χ1n) is 9.16. The van der Waals surface area contributed by atoms with Gasteiger partial charge in [0.2, 0.25) is 0 Å². The van der Waals surface area contributed by atoms with Crippen LogP contribution < -0.4 is 0 Å². The molecule has 0 aromatic heterocycles. The molecule has 29 heavy (non-hydrogen) atoms. The van der Waals surface area contributed by atoms with E-state index in [1.807, 2.05) is 41.5 Å². The van der Waals surface area contributed by atoms with Crippen molar-refractivity contribution in [2.45, 2.75) is 52.4 Å². The van der Waals surface area contributed by atoms with E-state index in [1.54, 1.807) is 24.3 Å². The van der Waals surface area contributed by atoms with Crippen molar-refractivity contribution in [3.05, 3.63) is 58.7 Å². The Morgan fingerprint density at radius 2 is 1.10 bits per heavy atom. The zero-order valence-corrected chi connectivity index (χ0v) is 18.0. The third-order valence-corrected chi connectivity index (χ3v) is 4.24. The summed E-state index contributed by atoms with van der Waals surface area (Å²) in [5.74, 6) is -1.37. The first-order chi connectivity index (χ1) is 13.1. The molecular weight excluding hydrogens is 372 g/mol. The number of carboxylic acid groups (broad SMARTS) is 1. The first-order valence-corrected chi connectivity index (χ1v) is 9.16. The quantitative estimate of drug-likeness (QED) is 0.620. The minimum Gasteiger partial charge on any atom is -0.508 e. The molecule has 0 atom stereocenters. The molecular formula is C23H30O6. The number of carboxylic acids is 1. The van der Waals surface area contributed by atoms with Gasteiger partial charge in [-0.2, -0.15) is 0 Å². The molecule has 158 valence electrons. The minimum absolute atomic E-state index is 0.00479. The second-order valence-electron chi connectivity index (χ2n) is 8.83. The van der Waals surface area contributed by atoms with E-state index in [2.05, 4.69) is 4.74 Å². The normalized spacial score (nSPS) is 11.3. The van der Waals surface area contributed by atoms with Crippen LogP contribution in [-0.4, -0.2) is 34.4 Å².